The van der Waals surface area contributed by atoms with Crippen LogP contribution in [0.4, 0.5) is 0 Å². The van der Waals surface area contributed by atoms with Gasteiger partial charge in [-0.2, -0.15) is 0 Å². The van der Waals surface area contributed by atoms with Crippen molar-refractivity contribution < 1.29 is 5.11 Å². The Hall–Kier alpha value is -0.910. The topological polar surface area (TPSA) is 23.5 Å². The maximum atomic E-state index is 9.90. The summed E-state index contributed by atoms with van der Waals surface area (Å²) in [6, 6.07) is 21.2. The molecule has 1 aliphatic heterocycles. The maximum absolute atomic E-state index is 9.90. The molecular formula is C17H18INO. The van der Waals surface area contributed by atoms with Crippen molar-refractivity contribution in [3.63, 3.8) is 0 Å². The number of likely N-dealkylation sites (tertiary alicyclic amines) is 1. The van der Waals surface area contributed by atoms with Crippen molar-refractivity contribution in [1.82, 2.24) is 4.90 Å². The van der Waals surface area contributed by atoms with Gasteiger partial charge in [0.2, 0.25) is 0 Å². The van der Waals surface area contributed by atoms with Crippen LogP contribution in [0.5, 0.6) is 0 Å². The summed E-state index contributed by atoms with van der Waals surface area (Å²) in [5.74, 6) is 0. The van der Waals surface area contributed by atoms with Crippen LogP contribution in [-0.2, 0) is 3.55 Å². The molecule has 2 unspecified atom stereocenters. The molecule has 2 nitrogen and oxygen atoms in total. The fraction of sp³-hybridized carbons (Fsp3) is 0.294. The van der Waals surface area contributed by atoms with Crippen LogP contribution in [-0.4, -0.2) is 28.7 Å². The molecule has 2 aromatic carbocycles. The zero-order chi connectivity index (χ0) is 14.2. The molecule has 0 spiro atoms. The number of alkyl halides is 1. The summed E-state index contributed by atoms with van der Waals surface area (Å²) in [6.45, 7) is 2.81. The number of nitrogens with zero attached hydrogens (tertiary/aromatic N) is 1. The highest BCUT2D eigenvalue weighted by molar-refractivity contribution is 14.1. The Kier molecular flexibility index (Phi) is 3.84. The van der Waals surface area contributed by atoms with Gasteiger partial charge in [-0.3, -0.25) is 4.90 Å². The number of β-amino-alcohol motifs (C(OH)–C–C–N with tert-alkyl or cyclic N) is 1. The Balaban J connectivity index is 2.09. The predicted molar refractivity (Wildman–Crippen MR) is 89.9 cm³/mol. The van der Waals surface area contributed by atoms with Crippen molar-refractivity contribution in [3.8, 4) is 0 Å². The molecule has 1 fully saturated rings. The van der Waals surface area contributed by atoms with E-state index in [4.69, 9.17) is 0 Å². The molecule has 2 aromatic rings. The average Bonchev–Trinajstić information content (AvgIpc) is 2.53. The molecule has 0 saturated carbocycles. The van der Waals surface area contributed by atoms with E-state index in [1.54, 1.807) is 0 Å². The van der Waals surface area contributed by atoms with Gasteiger partial charge >= 0.3 is 0 Å². The van der Waals surface area contributed by atoms with Crippen molar-refractivity contribution in [2.75, 3.05) is 6.54 Å². The number of hydrogen-bond acceptors (Lipinski definition) is 2. The number of hydrogen-bond donors (Lipinski definition) is 1. The molecule has 1 N–H and O–H groups in total. The van der Waals surface area contributed by atoms with Crippen LogP contribution >= 0.6 is 22.6 Å². The molecule has 1 aliphatic rings. The summed E-state index contributed by atoms with van der Waals surface area (Å²) in [7, 11) is 0. The second kappa shape index (κ2) is 5.47. The molecule has 20 heavy (non-hydrogen) atoms. The standard InChI is InChI=1S/C17H18INO/c1-13-16(20)12-19(13)17(18,14-8-4-2-5-9-14)15-10-6-3-7-11-15/h2-11,13,16,20H,12H2,1H3. The Morgan fingerprint density at radius 3 is 1.80 bits per heavy atom. The molecule has 3 rings (SSSR count). The minimum atomic E-state index is -0.225. The van der Waals surface area contributed by atoms with Crippen molar-refractivity contribution in [2.24, 2.45) is 0 Å². The molecule has 3 heteroatoms. The zero-order valence-electron chi connectivity index (χ0n) is 11.4. The van der Waals surface area contributed by atoms with E-state index in [0.717, 1.165) is 0 Å². The van der Waals surface area contributed by atoms with E-state index in [1.165, 1.54) is 11.1 Å². The average molecular weight is 379 g/mol. The zero-order valence-corrected chi connectivity index (χ0v) is 13.6. The first-order valence-electron chi connectivity index (χ1n) is 6.89. The highest BCUT2D eigenvalue weighted by atomic mass is 127. The van der Waals surface area contributed by atoms with Crippen LogP contribution < -0.4 is 0 Å². The molecule has 0 aromatic heterocycles. The number of aliphatic hydroxyl groups excluding tert-OH is 1. The van der Waals surface area contributed by atoms with Gasteiger partial charge in [-0.05, 0) is 18.1 Å². The number of halogens is 1. The molecule has 104 valence electrons. The fourth-order valence-electron chi connectivity index (χ4n) is 2.81. The van der Waals surface area contributed by atoms with E-state index >= 15 is 0 Å². The van der Waals surface area contributed by atoms with Crippen molar-refractivity contribution in [1.29, 1.82) is 0 Å². The Morgan fingerprint density at radius 2 is 1.45 bits per heavy atom. The van der Waals surface area contributed by atoms with E-state index in [2.05, 4.69) is 82.9 Å². The van der Waals surface area contributed by atoms with Crippen LogP contribution in [0.3, 0.4) is 0 Å². The van der Waals surface area contributed by atoms with E-state index in [9.17, 15) is 5.11 Å². The van der Waals surface area contributed by atoms with Crippen LogP contribution in [0.2, 0.25) is 0 Å². The van der Waals surface area contributed by atoms with Gasteiger partial charge in [-0.25, -0.2) is 0 Å². The smallest absolute Gasteiger partial charge is 0.124 e. The van der Waals surface area contributed by atoms with Crippen molar-refractivity contribution >= 4 is 22.6 Å². The second-order valence-corrected chi connectivity index (χ2v) is 6.88. The van der Waals surface area contributed by atoms with Gasteiger partial charge in [0.05, 0.1) is 6.10 Å². The number of aliphatic hydroxyl groups is 1. The molecule has 0 aliphatic carbocycles. The molecule has 0 amide bonds. The van der Waals surface area contributed by atoms with Gasteiger partial charge in [0.15, 0.2) is 0 Å². The SMILES string of the molecule is CC1C(O)CN1C(I)(c1ccccc1)c1ccccc1. The van der Waals surface area contributed by atoms with Gasteiger partial charge < -0.3 is 5.11 Å². The lowest BCUT2D eigenvalue weighted by atomic mass is 9.90. The summed E-state index contributed by atoms with van der Waals surface area (Å²) < 4.78 is -0.223. The summed E-state index contributed by atoms with van der Waals surface area (Å²) >= 11 is 2.52. The summed E-state index contributed by atoms with van der Waals surface area (Å²) in [4.78, 5) is 2.36. The predicted octanol–water partition coefficient (Wildman–Crippen LogP) is 3.39. The first kappa shape index (κ1) is 14.0. The molecule has 0 radical (unpaired) electrons. The van der Waals surface area contributed by atoms with E-state index < -0.39 is 0 Å². The van der Waals surface area contributed by atoms with E-state index in [1.807, 2.05) is 12.1 Å². The Labute approximate surface area is 133 Å². The summed E-state index contributed by atoms with van der Waals surface area (Å²) in [6.07, 6.45) is -0.225. The molecule has 0 bridgehead atoms. The third kappa shape index (κ3) is 2.18. The van der Waals surface area contributed by atoms with Gasteiger partial charge in [0, 0.05) is 12.6 Å². The highest BCUT2D eigenvalue weighted by Gasteiger charge is 2.48. The van der Waals surface area contributed by atoms with Gasteiger partial charge in [-0.1, -0.05) is 83.3 Å². The summed E-state index contributed by atoms with van der Waals surface area (Å²) in [5, 5.41) is 9.90. The fourth-order valence-corrected chi connectivity index (χ4v) is 4.17. The third-order valence-corrected chi connectivity index (χ3v) is 6.01. The minimum Gasteiger partial charge on any atom is -0.390 e. The lowest BCUT2D eigenvalue weighted by Crippen LogP contribution is -2.64. The normalized spacial score (nSPS) is 23.4. The molecule has 2 atom stereocenters. The monoisotopic (exact) mass is 379 g/mol. The van der Waals surface area contributed by atoms with Crippen molar-refractivity contribution in [2.45, 2.75) is 22.6 Å². The van der Waals surface area contributed by atoms with Crippen LogP contribution in [0, 0.1) is 0 Å². The lowest BCUT2D eigenvalue weighted by Gasteiger charge is -2.53. The third-order valence-electron chi connectivity index (χ3n) is 4.14. The van der Waals surface area contributed by atoms with Crippen molar-refractivity contribution in [3.05, 3.63) is 71.8 Å². The largest absolute Gasteiger partial charge is 0.390 e. The van der Waals surface area contributed by atoms with Gasteiger partial charge in [0.1, 0.15) is 3.55 Å². The van der Waals surface area contributed by atoms with Gasteiger partial charge in [-0.15, -0.1) is 0 Å². The van der Waals surface area contributed by atoms with Gasteiger partial charge in [0.25, 0.3) is 0 Å². The lowest BCUT2D eigenvalue weighted by molar-refractivity contribution is -0.0742. The first-order valence-corrected chi connectivity index (χ1v) is 7.96. The van der Waals surface area contributed by atoms with Crippen LogP contribution in [0.15, 0.2) is 60.7 Å². The molecule has 1 saturated heterocycles. The van der Waals surface area contributed by atoms with Crippen LogP contribution in [0.1, 0.15) is 18.1 Å². The maximum Gasteiger partial charge on any atom is 0.124 e. The quantitative estimate of drug-likeness (QED) is 0.502. The minimum absolute atomic E-state index is 0.173. The summed E-state index contributed by atoms with van der Waals surface area (Å²) in [5.41, 5.74) is 2.51. The van der Waals surface area contributed by atoms with E-state index in [0.29, 0.717) is 6.54 Å². The highest BCUT2D eigenvalue weighted by Crippen LogP contribution is 2.46. The number of rotatable bonds is 3. The molecule has 1 heterocycles. The van der Waals surface area contributed by atoms with E-state index in [-0.39, 0.29) is 15.7 Å². The number of benzene rings is 2. The Bertz CT molecular complexity index is 533. The molecular weight excluding hydrogens is 361 g/mol. The van der Waals surface area contributed by atoms with Crippen LogP contribution in [0.25, 0.3) is 0 Å². The first-order chi connectivity index (χ1) is 9.64. The Morgan fingerprint density at radius 1 is 1.00 bits per heavy atom. The second-order valence-electron chi connectivity index (χ2n) is 5.31.